The lowest BCUT2D eigenvalue weighted by molar-refractivity contribution is -0.129. The van der Waals surface area contributed by atoms with Gasteiger partial charge >= 0.3 is 0 Å². The molecule has 1 aliphatic rings. The van der Waals surface area contributed by atoms with Crippen LogP contribution in [0.1, 0.15) is 38.7 Å². The zero-order valence-electron chi connectivity index (χ0n) is 17.8. The molecule has 1 aliphatic heterocycles. The number of likely N-dealkylation sites (tertiary alicyclic amines) is 1. The Kier molecular flexibility index (Phi) is 12.7. The van der Waals surface area contributed by atoms with Gasteiger partial charge in [0.15, 0.2) is 5.96 Å². The molecule has 0 aliphatic carbocycles. The Morgan fingerprint density at radius 3 is 2.69 bits per heavy atom. The van der Waals surface area contributed by atoms with E-state index in [1.165, 1.54) is 0 Å². The van der Waals surface area contributed by atoms with Gasteiger partial charge in [-0.15, -0.1) is 24.0 Å². The van der Waals surface area contributed by atoms with E-state index >= 15 is 0 Å². The van der Waals surface area contributed by atoms with E-state index in [4.69, 9.17) is 9.47 Å². The molecule has 0 spiro atoms. The fraction of sp³-hybridized carbons (Fsp3) is 0.619. The highest BCUT2D eigenvalue weighted by molar-refractivity contribution is 14.0. The first-order valence-corrected chi connectivity index (χ1v) is 10.2. The number of carbonyl (C=O) groups is 1. The van der Waals surface area contributed by atoms with Crippen LogP contribution in [0.2, 0.25) is 0 Å². The van der Waals surface area contributed by atoms with Crippen LogP contribution in [0, 0.1) is 0 Å². The van der Waals surface area contributed by atoms with Crippen molar-refractivity contribution in [2.45, 2.75) is 45.8 Å². The minimum absolute atomic E-state index is 0. The van der Waals surface area contributed by atoms with E-state index in [9.17, 15) is 4.79 Å². The monoisotopic (exact) mass is 518 g/mol. The van der Waals surface area contributed by atoms with Crippen LogP contribution in [-0.2, 0) is 16.1 Å². The summed E-state index contributed by atoms with van der Waals surface area (Å²) in [7, 11) is 1.66. The summed E-state index contributed by atoms with van der Waals surface area (Å²) < 4.78 is 10.9. The van der Waals surface area contributed by atoms with Gasteiger partial charge in [-0.25, -0.2) is 0 Å². The minimum atomic E-state index is 0. The van der Waals surface area contributed by atoms with E-state index in [-0.39, 0.29) is 35.9 Å². The first kappa shape index (κ1) is 25.5. The Labute approximate surface area is 191 Å². The predicted molar refractivity (Wildman–Crippen MR) is 127 cm³/mol. The van der Waals surface area contributed by atoms with Crippen LogP contribution in [0.3, 0.4) is 0 Å². The summed E-state index contributed by atoms with van der Waals surface area (Å²) in [5.74, 6) is 1.89. The predicted octanol–water partition coefficient (Wildman–Crippen LogP) is 2.79. The van der Waals surface area contributed by atoms with Gasteiger partial charge < -0.3 is 25.0 Å². The summed E-state index contributed by atoms with van der Waals surface area (Å²) in [6.45, 7) is 8.30. The molecule has 0 radical (unpaired) electrons. The van der Waals surface area contributed by atoms with Crippen molar-refractivity contribution in [1.29, 1.82) is 0 Å². The molecule has 1 aromatic rings. The van der Waals surface area contributed by atoms with Gasteiger partial charge in [0, 0.05) is 45.2 Å². The van der Waals surface area contributed by atoms with Crippen LogP contribution < -0.4 is 15.4 Å². The molecule has 1 amide bonds. The van der Waals surface area contributed by atoms with Crippen molar-refractivity contribution in [2.24, 2.45) is 4.99 Å². The number of rotatable bonds is 10. The first-order valence-electron chi connectivity index (χ1n) is 10.2. The molecular formula is C21H35IN4O3. The molecule has 29 heavy (non-hydrogen) atoms. The van der Waals surface area contributed by atoms with Gasteiger partial charge in [-0.1, -0.05) is 19.1 Å². The van der Waals surface area contributed by atoms with Crippen molar-refractivity contribution < 1.29 is 14.3 Å². The molecule has 1 saturated heterocycles. The normalized spacial score (nSPS) is 16.3. The van der Waals surface area contributed by atoms with Gasteiger partial charge in [-0.3, -0.25) is 9.79 Å². The smallest absolute Gasteiger partial charge is 0.222 e. The number of aliphatic imine (C=N–C) groups is 1. The van der Waals surface area contributed by atoms with Crippen molar-refractivity contribution in [2.75, 3.05) is 39.9 Å². The van der Waals surface area contributed by atoms with Crippen molar-refractivity contribution in [1.82, 2.24) is 15.5 Å². The third kappa shape index (κ3) is 9.20. The summed E-state index contributed by atoms with van der Waals surface area (Å²) >= 11 is 0. The zero-order valence-corrected chi connectivity index (χ0v) is 20.1. The topological polar surface area (TPSA) is 75.2 Å². The molecule has 164 valence electrons. The summed E-state index contributed by atoms with van der Waals surface area (Å²) in [4.78, 5) is 18.4. The van der Waals surface area contributed by atoms with E-state index in [1.54, 1.807) is 7.11 Å². The molecule has 1 heterocycles. The Hall–Kier alpha value is -1.55. The summed E-state index contributed by atoms with van der Waals surface area (Å²) in [6, 6.07) is 8.17. The van der Waals surface area contributed by atoms with Crippen molar-refractivity contribution in [3.05, 3.63) is 29.8 Å². The van der Waals surface area contributed by atoms with Crippen LogP contribution in [0.5, 0.6) is 5.75 Å². The molecule has 1 fully saturated rings. The third-order valence-electron chi connectivity index (χ3n) is 4.67. The van der Waals surface area contributed by atoms with Gasteiger partial charge in [0.25, 0.3) is 0 Å². The lowest BCUT2D eigenvalue weighted by atomic mass is 10.2. The number of halogens is 1. The molecular weight excluding hydrogens is 483 g/mol. The maximum Gasteiger partial charge on any atom is 0.222 e. The molecule has 1 aromatic carbocycles. The molecule has 1 atom stereocenters. The standard InChI is InChI=1S/C21H34N4O3.HI/c1-4-20(26)25-13-11-18(15-25)24-21(22-5-2)23-12-6-14-28-16-17-7-9-19(27-3)10-8-17;/h7-10,18H,4-6,11-16H2,1-3H3,(H2,22,23,24);1H. The largest absolute Gasteiger partial charge is 0.497 e. The maximum atomic E-state index is 11.8. The Morgan fingerprint density at radius 1 is 1.28 bits per heavy atom. The van der Waals surface area contributed by atoms with E-state index in [2.05, 4.69) is 22.5 Å². The van der Waals surface area contributed by atoms with Gasteiger partial charge in [-0.2, -0.15) is 0 Å². The number of methoxy groups -OCH3 is 1. The van der Waals surface area contributed by atoms with Gasteiger partial charge in [0.1, 0.15) is 5.75 Å². The molecule has 8 heteroatoms. The van der Waals surface area contributed by atoms with Crippen LogP contribution in [0.15, 0.2) is 29.3 Å². The number of amides is 1. The first-order chi connectivity index (χ1) is 13.7. The van der Waals surface area contributed by atoms with Crippen LogP contribution in [0.25, 0.3) is 0 Å². The Morgan fingerprint density at radius 2 is 2.03 bits per heavy atom. The molecule has 7 nitrogen and oxygen atoms in total. The van der Waals surface area contributed by atoms with Crippen LogP contribution in [-0.4, -0.2) is 62.7 Å². The maximum absolute atomic E-state index is 11.8. The van der Waals surface area contributed by atoms with E-state index in [0.717, 1.165) is 49.7 Å². The highest BCUT2D eigenvalue weighted by atomic mass is 127. The average Bonchev–Trinajstić information content (AvgIpc) is 3.19. The molecule has 2 rings (SSSR count). The number of benzene rings is 1. The lowest BCUT2D eigenvalue weighted by Gasteiger charge is -2.18. The minimum Gasteiger partial charge on any atom is -0.497 e. The van der Waals surface area contributed by atoms with Crippen molar-refractivity contribution in [3.8, 4) is 5.75 Å². The number of nitrogens with zero attached hydrogens (tertiary/aromatic N) is 2. The van der Waals surface area contributed by atoms with Gasteiger partial charge in [0.2, 0.25) is 5.91 Å². The number of guanidine groups is 1. The van der Waals surface area contributed by atoms with Crippen molar-refractivity contribution in [3.63, 3.8) is 0 Å². The van der Waals surface area contributed by atoms with Crippen molar-refractivity contribution >= 4 is 35.8 Å². The number of ether oxygens (including phenoxy) is 2. The lowest BCUT2D eigenvalue weighted by Crippen LogP contribution is -2.45. The SMILES string of the molecule is CCNC(=NCCCOCc1ccc(OC)cc1)NC1CCN(C(=O)CC)C1.I. The molecule has 0 saturated carbocycles. The Bertz CT molecular complexity index is 625. The van der Waals surface area contributed by atoms with E-state index < -0.39 is 0 Å². The van der Waals surface area contributed by atoms with Gasteiger partial charge in [-0.05, 0) is 37.5 Å². The van der Waals surface area contributed by atoms with Crippen LogP contribution in [0.4, 0.5) is 0 Å². The summed E-state index contributed by atoms with van der Waals surface area (Å²) in [5.41, 5.74) is 1.13. The number of hydrogen-bond acceptors (Lipinski definition) is 4. The fourth-order valence-corrected chi connectivity index (χ4v) is 3.11. The zero-order chi connectivity index (χ0) is 20.2. The quantitative estimate of drug-likeness (QED) is 0.216. The highest BCUT2D eigenvalue weighted by Crippen LogP contribution is 2.12. The second kappa shape index (κ2) is 14.4. The second-order valence-electron chi connectivity index (χ2n) is 6.84. The third-order valence-corrected chi connectivity index (χ3v) is 4.67. The van der Waals surface area contributed by atoms with Gasteiger partial charge in [0.05, 0.1) is 13.7 Å². The average molecular weight is 518 g/mol. The Balaban J connectivity index is 0.00000420. The molecule has 1 unspecified atom stereocenters. The second-order valence-corrected chi connectivity index (χ2v) is 6.84. The van der Waals surface area contributed by atoms with Crippen LogP contribution >= 0.6 is 24.0 Å². The highest BCUT2D eigenvalue weighted by Gasteiger charge is 2.25. The number of nitrogens with one attached hydrogen (secondary N) is 2. The van der Waals surface area contributed by atoms with E-state index in [1.807, 2.05) is 36.1 Å². The number of hydrogen-bond donors (Lipinski definition) is 2. The van der Waals surface area contributed by atoms with E-state index in [0.29, 0.717) is 26.2 Å². The fourth-order valence-electron chi connectivity index (χ4n) is 3.11. The summed E-state index contributed by atoms with van der Waals surface area (Å²) in [6.07, 6.45) is 2.39. The number of carbonyl (C=O) groups excluding carboxylic acids is 1. The molecule has 0 aromatic heterocycles. The molecule has 0 bridgehead atoms. The molecule has 2 N–H and O–H groups in total. The summed E-state index contributed by atoms with van der Waals surface area (Å²) in [5, 5.41) is 6.72.